The molecule has 4 nitrogen and oxygen atoms in total. The minimum atomic E-state index is -1.91. The van der Waals surface area contributed by atoms with Gasteiger partial charge in [-0.05, 0) is 41.1 Å². The number of hydrogen-bond acceptors (Lipinski definition) is 3. The van der Waals surface area contributed by atoms with Crippen molar-refractivity contribution >= 4 is 57.8 Å². The van der Waals surface area contributed by atoms with Gasteiger partial charge in [0.1, 0.15) is 12.0 Å². The lowest BCUT2D eigenvalue weighted by atomic mass is 10.0. The number of rotatable bonds is 5. The number of alkyl halides is 3. The van der Waals surface area contributed by atoms with Crippen LogP contribution >= 0.6 is 34.8 Å². The molecule has 138 valence electrons. The lowest BCUT2D eigenvalue weighted by molar-refractivity contribution is 0.0834. The Labute approximate surface area is 171 Å². The molecule has 0 aliphatic carbocycles. The zero-order chi connectivity index (χ0) is 19.4. The molecular weight excluding hydrogens is 409 g/mol. The number of fused-ring (bicyclic) bond motifs is 1. The fraction of sp³-hybridized carbons (Fsp3) is 0.100. The molecule has 0 fully saturated rings. The first kappa shape index (κ1) is 19.5. The van der Waals surface area contributed by atoms with Gasteiger partial charge in [-0.2, -0.15) is 0 Å². The summed E-state index contributed by atoms with van der Waals surface area (Å²) in [4.78, 5) is 23.5. The Bertz CT molecular complexity index is 963. The van der Waals surface area contributed by atoms with Gasteiger partial charge in [-0.25, -0.2) is 0 Å². The zero-order valence-electron chi connectivity index (χ0n) is 13.9. The fourth-order valence-electron chi connectivity index (χ4n) is 2.56. The highest BCUT2D eigenvalue weighted by molar-refractivity contribution is 6.68. The van der Waals surface area contributed by atoms with Crippen molar-refractivity contribution < 1.29 is 14.3 Å². The van der Waals surface area contributed by atoms with Gasteiger partial charge in [-0.3, -0.25) is 9.59 Å². The molecule has 3 rings (SSSR count). The van der Waals surface area contributed by atoms with Crippen molar-refractivity contribution in [1.82, 2.24) is 5.32 Å². The van der Waals surface area contributed by atoms with Crippen LogP contribution < -0.4 is 10.1 Å². The highest BCUT2D eigenvalue weighted by atomic mass is 35.6. The van der Waals surface area contributed by atoms with E-state index in [1.165, 1.54) is 0 Å². The number of carbonyl (C=O) groups excluding carboxylic acids is 2. The van der Waals surface area contributed by atoms with E-state index in [-0.39, 0.29) is 0 Å². The number of benzene rings is 3. The Balaban J connectivity index is 1.85. The van der Waals surface area contributed by atoms with Crippen LogP contribution in [0, 0.1) is 0 Å². The third-order valence-electron chi connectivity index (χ3n) is 3.86. The first-order chi connectivity index (χ1) is 12.9. The molecule has 0 aliphatic rings. The summed E-state index contributed by atoms with van der Waals surface area (Å²) in [6.07, 6.45) is -0.533. The molecular formula is C20H14Cl3NO3. The molecule has 0 aliphatic heterocycles. The molecule has 0 aromatic heterocycles. The Morgan fingerprint density at radius 1 is 0.963 bits per heavy atom. The van der Waals surface area contributed by atoms with Crippen molar-refractivity contribution in [2.24, 2.45) is 0 Å². The number of amides is 1. The largest absolute Gasteiger partial charge is 0.466 e. The van der Waals surface area contributed by atoms with Gasteiger partial charge in [0, 0.05) is 11.1 Å². The maximum Gasteiger partial charge on any atom is 0.254 e. The van der Waals surface area contributed by atoms with E-state index in [0.717, 1.165) is 10.8 Å². The van der Waals surface area contributed by atoms with Crippen molar-refractivity contribution in [3.05, 3.63) is 77.9 Å². The minimum Gasteiger partial charge on any atom is -0.466 e. The van der Waals surface area contributed by atoms with Gasteiger partial charge in [0.15, 0.2) is 0 Å². The molecule has 0 radical (unpaired) electrons. The van der Waals surface area contributed by atoms with E-state index in [2.05, 4.69) is 5.32 Å². The van der Waals surface area contributed by atoms with Crippen molar-refractivity contribution in [3.63, 3.8) is 0 Å². The molecule has 0 saturated carbocycles. The molecule has 0 heterocycles. The normalized spacial score (nSPS) is 12.4. The van der Waals surface area contributed by atoms with Crippen molar-refractivity contribution in [2.75, 3.05) is 0 Å². The summed E-state index contributed by atoms with van der Waals surface area (Å²) in [6.45, 7) is 0. The van der Waals surface area contributed by atoms with Crippen LogP contribution in [0.4, 0.5) is 0 Å². The van der Waals surface area contributed by atoms with E-state index in [9.17, 15) is 9.59 Å². The molecule has 0 bridgehead atoms. The maximum absolute atomic E-state index is 12.8. The van der Waals surface area contributed by atoms with E-state index < -0.39 is 15.9 Å². The number of hydrogen-bond donors (Lipinski definition) is 1. The summed E-state index contributed by atoms with van der Waals surface area (Å²) in [5, 5.41) is 4.31. The Hall–Kier alpha value is -2.27. The lowest BCUT2D eigenvalue weighted by Crippen LogP contribution is -2.47. The van der Waals surface area contributed by atoms with Crippen LogP contribution in [0.3, 0.4) is 0 Å². The SMILES string of the molecule is O=Cc1ccc(OC(NC(=O)c2cccc3ccccc23)C(Cl)(Cl)Cl)cc1. The summed E-state index contributed by atoms with van der Waals surface area (Å²) >= 11 is 18.0. The highest BCUT2D eigenvalue weighted by Gasteiger charge is 2.36. The molecule has 0 saturated heterocycles. The van der Waals surface area contributed by atoms with Crippen LogP contribution in [0.25, 0.3) is 10.8 Å². The van der Waals surface area contributed by atoms with Gasteiger partial charge in [-0.15, -0.1) is 0 Å². The molecule has 7 heteroatoms. The standard InChI is InChI=1S/C20H14Cl3NO3/c21-20(22,23)19(27-15-10-8-13(12-25)9-11-15)24-18(26)17-7-3-5-14-4-1-2-6-16(14)17/h1-12,19H,(H,24,26). The highest BCUT2D eigenvalue weighted by Crippen LogP contribution is 2.32. The number of ether oxygens (including phenoxy) is 1. The second-order valence-electron chi connectivity index (χ2n) is 5.73. The van der Waals surface area contributed by atoms with E-state index in [4.69, 9.17) is 39.5 Å². The Kier molecular flexibility index (Phi) is 5.90. The van der Waals surface area contributed by atoms with Gasteiger partial charge in [-0.1, -0.05) is 71.2 Å². The van der Waals surface area contributed by atoms with Gasteiger partial charge in [0.05, 0.1) is 0 Å². The smallest absolute Gasteiger partial charge is 0.254 e. The molecule has 3 aromatic rings. The number of carbonyl (C=O) groups is 2. The van der Waals surface area contributed by atoms with E-state index in [1.54, 1.807) is 36.4 Å². The molecule has 0 spiro atoms. The Morgan fingerprint density at radius 3 is 2.30 bits per heavy atom. The molecule has 1 amide bonds. The van der Waals surface area contributed by atoms with Crippen molar-refractivity contribution in [1.29, 1.82) is 0 Å². The van der Waals surface area contributed by atoms with Crippen LogP contribution in [0.15, 0.2) is 66.7 Å². The number of halogens is 3. The minimum absolute atomic E-state index is 0.343. The van der Waals surface area contributed by atoms with Crippen molar-refractivity contribution in [3.8, 4) is 5.75 Å². The van der Waals surface area contributed by atoms with Crippen LogP contribution in [-0.4, -0.2) is 22.2 Å². The predicted octanol–water partition coefficient (Wildman–Crippen LogP) is 5.16. The van der Waals surface area contributed by atoms with Gasteiger partial charge in [0.25, 0.3) is 5.91 Å². The number of nitrogens with one attached hydrogen (secondary N) is 1. The van der Waals surface area contributed by atoms with E-state index in [1.807, 2.05) is 30.3 Å². The monoisotopic (exact) mass is 421 g/mol. The summed E-state index contributed by atoms with van der Waals surface area (Å²) < 4.78 is 3.73. The number of aldehydes is 1. The first-order valence-corrected chi connectivity index (χ1v) is 9.09. The third-order valence-corrected chi connectivity index (χ3v) is 4.46. The third kappa shape index (κ3) is 4.72. The average molecular weight is 423 g/mol. The van der Waals surface area contributed by atoms with Crippen LogP contribution in [0.5, 0.6) is 5.75 Å². The molecule has 1 N–H and O–H groups in total. The second-order valence-corrected chi connectivity index (χ2v) is 8.10. The summed E-state index contributed by atoms with van der Waals surface area (Å²) in [5.74, 6) is -0.0946. The summed E-state index contributed by atoms with van der Waals surface area (Å²) in [7, 11) is 0. The van der Waals surface area contributed by atoms with E-state index >= 15 is 0 Å². The Morgan fingerprint density at radius 2 is 1.63 bits per heavy atom. The fourth-order valence-corrected chi connectivity index (χ4v) is 2.86. The second kappa shape index (κ2) is 8.17. The van der Waals surface area contributed by atoms with Crippen LogP contribution in [0.2, 0.25) is 0 Å². The predicted molar refractivity (Wildman–Crippen MR) is 108 cm³/mol. The van der Waals surface area contributed by atoms with Crippen LogP contribution in [0.1, 0.15) is 20.7 Å². The summed E-state index contributed by atoms with van der Waals surface area (Å²) in [5.41, 5.74) is 0.917. The van der Waals surface area contributed by atoms with E-state index in [0.29, 0.717) is 23.2 Å². The first-order valence-electron chi connectivity index (χ1n) is 7.96. The van der Waals surface area contributed by atoms with Gasteiger partial charge < -0.3 is 10.1 Å². The molecule has 27 heavy (non-hydrogen) atoms. The molecule has 1 atom stereocenters. The topological polar surface area (TPSA) is 55.4 Å². The molecule has 1 unspecified atom stereocenters. The van der Waals surface area contributed by atoms with Crippen molar-refractivity contribution in [2.45, 2.75) is 10.0 Å². The van der Waals surface area contributed by atoms with Gasteiger partial charge >= 0.3 is 0 Å². The lowest BCUT2D eigenvalue weighted by Gasteiger charge is -2.26. The average Bonchev–Trinajstić information content (AvgIpc) is 2.66. The quantitative estimate of drug-likeness (QED) is 0.351. The zero-order valence-corrected chi connectivity index (χ0v) is 16.1. The van der Waals surface area contributed by atoms with Gasteiger partial charge in [0.2, 0.25) is 10.0 Å². The summed E-state index contributed by atoms with van der Waals surface area (Å²) in [6, 6.07) is 19.1. The maximum atomic E-state index is 12.8. The van der Waals surface area contributed by atoms with Crippen LogP contribution in [-0.2, 0) is 0 Å². The molecule has 3 aromatic carbocycles.